The molecule has 23 heavy (non-hydrogen) atoms. The van der Waals surface area contributed by atoms with Gasteiger partial charge in [-0.2, -0.15) is 0 Å². The summed E-state index contributed by atoms with van der Waals surface area (Å²) in [5.41, 5.74) is 1.02. The first-order chi connectivity index (χ1) is 11.4. The maximum absolute atomic E-state index is 5.80. The topological polar surface area (TPSA) is 36.9 Å². The molecule has 0 radical (unpaired) electrons. The Hall–Kier alpha value is -2.04. The zero-order chi connectivity index (χ0) is 16.2. The van der Waals surface area contributed by atoms with Gasteiger partial charge in [0.05, 0.1) is 6.61 Å². The Morgan fingerprint density at radius 2 is 1.52 bits per heavy atom. The van der Waals surface area contributed by atoms with Crippen LogP contribution in [0.25, 0.3) is 0 Å². The van der Waals surface area contributed by atoms with E-state index in [1.165, 1.54) is 0 Å². The molecular formula is C19H24O4. The fourth-order valence-corrected chi connectivity index (χ4v) is 2.06. The summed E-state index contributed by atoms with van der Waals surface area (Å²) in [6, 6.07) is 17.7. The number of ether oxygens (including phenoxy) is 4. The molecule has 2 rings (SSSR count). The molecule has 2 aromatic carbocycles. The predicted molar refractivity (Wildman–Crippen MR) is 90.0 cm³/mol. The molecule has 124 valence electrons. The lowest BCUT2D eigenvalue weighted by Crippen LogP contribution is -2.10. The lowest BCUT2D eigenvalue weighted by Gasteiger charge is -2.12. The summed E-state index contributed by atoms with van der Waals surface area (Å²) >= 11 is 0. The molecule has 0 N–H and O–H groups in total. The second-order valence-corrected chi connectivity index (χ2v) is 5.02. The number of rotatable bonds is 11. The molecule has 0 aliphatic rings. The lowest BCUT2D eigenvalue weighted by molar-refractivity contribution is 0.0801. The highest BCUT2D eigenvalue weighted by Crippen LogP contribution is 2.20. The van der Waals surface area contributed by atoms with Gasteiger partial charge in [-0.15, -0.1) is 0 Å². The molecule has 4 heteroatoms. The summed E-state index contributed by atoms with van der Waals surface area (Å²) in [6.45, 7) is 2.98. The quantitative estimate of drug-likeness (QED) is 0.592. The molecule has 0 fully saturated rings. The van der Waals surface area contributed by atoms with Crippen molar-refractivity contribution in [2.24, 2.45) is 0 Å². The van der Waals surface area contributed by atoms with Crippen LogP contribution in [0.4, 0.5) is 0 Å². The molecule has 0 unspecified atom stereocenters. The molecule has 0 bridgehead atoms. The first-order valence-electron chi connectivity index (χ1n) is 7.85. The van der Waals surface area contributed by atoms with Crippen molar-refractivity contribution in [1.29, 1.82) is 0 Å². The van der Waals surface area contributed by atoms with Gasteiger partial charge < -0.3 is 18.9 Å². The van der Waals surface area contributed by atoms with Crippen LogP contribution in [0.2, 0.25) is 0 Å². The summed E-state index contributed by atoms with van der Waals surface area (Å²) in [5, 5.41) is 0. The van der Waals surface area contributed by atoms with Crippen molar-refractivity contribution >= 4 is 0 Å². The minimum absolute atomic E-state index is 0.481. The molecule has 4 nitrogen and oxygen atoms in total. The van der Waals surface area contributed by atoms with Gasteiger partial charge >= 0.3 is 0 Å². The van der Waals surface area contributed by atoms with E-state index in [4.69, 9.17) is 18.9 Å². The minimum atomic E-state index is 0.481. The van der Waals surface area contributed by atoms with Crippen molar-refractivity contribution in [3.05, 3.63) is 60.2 Å². The van der Waals surface area contributed by atoms with Crippen LogP contribution in [0.15, 0.2) is 54.6 Å². The van der Waals surface area contributed by atoms with Gasteiger partial charge in [0.15, 0.2) is 0 Å². The maximum atomic E-state index is 5.80. The summed E-state index contributed by atoms with van der Waals surface area (Å²) < 4.78 is 22.0. The Bertz CT molecular complexity index is 542. The number of benzene rings is 2. The Morgan fingerprint density at radius 1 is 0.739 bits per heavy atom. The van der Waals surface area contributed by atoms with Gasteiger partial charge in [-0.05, 0) is 24.6 Å². The first-order valence-corrected chi connectivity index (χ1v) is 7.85. The van der Waals surface area contributed by atoms with Gasteiger partial charge in [0.1, 0.15) is 24.7 Å². The van der Waals surface area contributed by atoms with Crippen LogP contribution in [0.1, 0.15) is 12.0 Å². The highest BCUT2D eigenvalue weighted by atomic mass is 16.5. The maximum Gasteiger partial charge on any atom is 0.126 e. The molecule has 0 saturated carbocycles. The number of para-hydroxylation sites is 2. The molecule has 0 amide bonds. The zero-order valence-electron chi connectivity index (χ0n) is 13.6. The van der Waals surface area contributed by atoms with Crippen LogP contribution in [0, 0.1) is 0 Å². The van der Waals surface area contributed by atoms with E-state index in [9.17, 15) is 0 Å². The molecule has 0 aliphatic carbocycles. The SMILES string of the molecule is COCCCOCCOc1ccccc1COc1ccccc1. The van der Waals surface area contributed by atoms with Crippen molar-refractivity contribution in [3.8, 4) is 11.5 Å². The second kappa shape index (κ2) is 10.6. The normalized spacial score (nSPS) is 10.5. The summed E-state index contributed by atoms with van der Waals surface area (Å²) in [5.74, 6) is 1.69. The Labute approximate surface area is 137 Å². The molecule has 0 aliphatic heterocycles. The smallest absolute Gasteiger partial charge is 0.126 e. The third-order valence-corrected chi connectivity index (χ3v) is 3.23. The van der Waals surface area contributed by atoms with Crippen LogP contribution in [-0.4, -0.2) is 33.5 Å². The van der Waals surface area contributed by atoms with Gasteiger partial charge in [0.2, 0.25) is 0 Å². The lowest BCUT2D eigenvalue weighted by atomic mass is 10.2. The summed E-state index contributed by atoms with van der Waals surface area (Å²) in [4.78, 5) is 0. The van der Waals surface area contributed by atoms with Crippen LogP contribution < -0.4 is 9.47 Å². The van der Waals surface area contributed by atoms with Gasteiger partial charge in [-0.3, -0.25) is 0 Å². The molecular weight excluding hydrogens is 292 g/mol. The zero-order valence-corrected chi connectivity index (χ0v) is 13.6. The average molecular weight is 316 g/mol. The Morgan fingerprint density at radius 3 is 2.35 bits per heavy atom. The van der Waals surface area contributed by atoms with Crippen LogP contribution in [-0.2, 0) is 16.1 Å². The third-order valence-electron chi connectivity index (χ3n) is 3.23. The highest BCUT2D eigenvalue weighted by molar-refractivity contribution is 5.33. The Kier molecular flexibility index (Phi) is 8.02. The standard InChI is InChI=1S/C19H24O4/c1-20-12-7-13-21-14-15-22-19-11-6-5-8-17(19)16-23-18-9-3-2-4-10-18/h2-6,8-11H,7,12-16H2,1H3. The van der Waals surface area contributed by atoms with E-state index in [1.807, 2.05) is 54.6 Å². The molecule has 0 heterocycles. The fourth-order valence-electron chi connectivity index (χ4n) is 2.06. The number of hydrogen-bond donors (Lipinski definition) is 0. The van der Waals surface area contributed by atoms with E-state index in [0.29, 0.717) is 26.4 Å². The van der Waals surface area contributed by atoms with Crippen molar-refractivity contribution in [1.82, 2.24) is 0 Å². The highest BCUT2D eigenvalue weighted by Gasteiger charge is 2.04. The van der Waals surface area contributed by atoms with E-state index in [1.54, 1.807) is 7.11 Å². The van der Waals surface area contributed by atoms with E-state index >= 15 is 0 Å². The van der Waals surface area contributed by atoms with Crippen molar-refractivity contribution < 1.29 is 18.9 Å². The molecule has 0 atom stereocenters. The number of hydrogen-bond acceptors (Lipinski definition) is 4. The fraction of sp³-hybridized carbons (Fsp3) is 0.368. The van der Waals surface area contributed by atoms with Crippen LogP contribution in [0.5, 0.6) is 11.5 Å². The van der Waals surface area contributed by atoms with E-state index in [2.05, 4.69) is 0 Å². The van der Waals surface area contributed by atoms with E-state index < -0.39 is 0 Å². The van der Waals surface area contributed by atoms with Gasteiger partial charge in [0.25, 0.3) is 0 Å². The minimum Gasteiger partial charge on any atom is -0.491 e. The van der Waals surface area contributed by atoms with Crippen LogP contribution >= 0.6 is 0 Å². The molecule has 0 saturated heterocycles. The van der Waals surface area contributed by atoms with Crippen molar-refractivity contribution in [2.75, 3.05) is 33.5 Å². The summed E-state index contributed by atoms with van der Waals surface area (Å²) in [7, 11) is 1.69. The van der Waals surface area contributed by atoms with Gasteiger partial charge in [-0.25, -0.2) is 0 Å². The van der Waals surface area contributed by atoms with Crippen molar-refractivity contribution in [2.45, 2.75) is 13.0 Å². The largest absolute Gasteiger partial charge is 0.491 e. The molecule has 2 aromatic rings. The average Bonchev–Trinajstić information content (AvgIpc) is 2.61. The van der Waals surface area contributed by atoms with E-state index in [0.717, 1.165) is 30.1 Å². The van der Waals surface area contributed by atoms with Gasteiger partial charge in [-0.1, -0.05) is 36.4 Å². The number of methoxy groups -OCH3 is 1. The second-order valence-electron chi connectivity index (χ2n) is 5.02. The van der Waals surface area contributed by atoms with E-state index in [-0.39, 0.29) is 0 Å². The van der Waals surface area contributed by atoms with Crippen molar-refractivity contribution in [3.63, 3.8) is 0 Å². The first kappa shape index (κ1) is 17.3. The third kappa shape index (κ3) is 6.72. The van der Waals surface area contributed by atoms with Gasteiger partial charge in [0, 0.05) is 25.9 Å². The molecule has 0 aromatic heterocycles. The summed E-state index contributed by atoms with van der Waals surface area (Å²) in [6.07, 6.45) is 0.901. The Balaban J connectivity index is 1.74. The monoisotopic (exact) mass is 316 g/mol. The molecule has 0 spiro atoms. The predicted octanol–water partition coefficient (Wildman–Crippen LogP) is 3.70. The van der Waals surface area contributed by atoms with Crippen LogP contribution in [0.3, 0.4) is 0 Å².